The second-order valence-electron chi connectivity index (χ2n) is 3.82. The number of nitrogen functional groups attached to an aromatic ring is 1. The molecule has 0 atom stereocenters. The second-order valence-corrected chi connectivity index (χ2v) is 4.74. The molecule has 2 N–H and O–H groups in total. The number of rotatable bonds is 3. The average Bonchev–Trinajstić information content (AvgIpc) is 2.28. The molecule has 0 aliphatic rings. The molecule has 0 saturated heterocycles. The first kappa shape index (κ1) is 12.0. The molecule has 0 fully saturated rings. The lowest BCUT2D eigenvalue weighted by Gasteiger charge is -2.04. The fraction of sp³-hybridized carbons (Fsp3) is 0.154. The lowest BCUT2D eigenvalue weighted by atomic mass is 10.0. The third-order valence-electron chi connectivity index (χ3n) is 2.54. The number of hydrogen-bond acceptors (Lipinski definition) is 2. The number of aromatic nitrogens is 1. The van der Waals surface area contributed by atoms with Gasteiger partial charge in [-0.15, -0.1) is 0 Å². The quantitative estimate of drug-likeness (QED) is 0.943. The van der Waals surface area contributed by atoms with Crippen molar-refractivity contribution in [2.45, 2.75) is 12.8 Å². The van der Waals surface area contributed by atoms with Gasteiger partial charge in [-0.05, 0) is 48.2 Å². The van der Waals surface area contributed by atoms with E-state index in [0.29, 0.717) is 17.8 Å². The summed E-state index contributed by atoms with van der Waals surface area (Å²) in [6, 6.07) is 8.84. The van der Waals surface area contributed by atoms with Crippen molar-refractivity contribution in [3.05, 3.63) is 57.9 Å². The highest BCUT2D eigenvalue weighted by Gasteiger charge is 2.03. The van der Waals surface area contributed by atoms with Crippen molar-refractivity contribution in [1.82, 2.24) is 4.98 Å². The lowest BCUT2D eigenvalue weighted by Crippen LogP contribution is -1.97. The number of nitrogens with zero attached hydrogens (tertiary/aromatic N) is 1. The minimum absolute atomic E-state index is 0.179. The van der Waals surface area contributed by atoms with Crippen molar-refractivity contribution < 1.29 is 4.39 Å². The van der Waals surface area contributed by atoms with Gasteiger partial charge in [0, 0.05) is 10.7 Å². The normalized spacial score (nSPS) is 10.5. The molecule has 2 nitrogen and oxygen atoms in total. The maximum atomic E-state index is 13.6. The van der Waals surface area contributed by atoms with Crippen LogP contribution in [0.2, 0.25) is 0 Å². The van der Waals surface area contributed by atoms with Crippen LogP contribution in [-0.2, 0) is 12.8 Å². The van der Waals surface area contributed by atoms with E-state index in [9.17, 15) is 4.39 Å². The molecule has 17 heavy (non-hydrogen) atoms. The minimum Gasteiger partial charge on any atom is -0.384 e. The van der Waals surface area contributed by atoms with E-state index >= 15 is 0 Å². The summed E-state index contributed by atoms with van der Waals surface area (Å²) < 4.78 is 14.3. The summed E-state index contributed by atoms with van der Waals surface area (Å²) in [4.78, 5) is 3.92. The number of anilines is 1. The molecule has 2 rings (SSSR count). The SMILES string of the molecule is Nc1cc(CCc2ccc(Br)cc2F)ccn1. The molecule has 0 radical (unpaired) electrons. The molecule has 2 aromatic rings. The van der Waals surface area contributed by atoms with Crippen LogP contribution in [0.25, 0.3) is 0 Å². The molecule has 0 aliphatic heterocycles. The summed E-state index contributed by atoms with van der Waals surface area (Å²) in [7, 11) is 0. The van der Waals surface area contributed by atoms with Gasteiger partial charge in [0.1, 0.15) is 11.6 Å². The molecule has 1 aromatic carbocycles. The highest BCUT2D eigenvalue weighted by molar-refractivity contribution is 9.10. The van der Waals surface area contributed by atoms with Gasteiger partial charge in [-0.2, -0.15) is 0 Å². The Bertz CT molecular complexity index is 529. The van der Waals surface area contributed by atoms with Crippen molar-refractivity contribution in [1.29, 1.82) is 0 Å². The number of hydrogen-bond donors (Lipinski definition) is 1. The molecule has 0 bridgehead atoms. The zero-order valence-corrected chi connectivity index (χ0v) is 10.7. The largest absolute Gasteiger partial charge is 0.384 e. The molecule has 0 aliphatic carbocycles. The first-order chi connectivity index (χ1) is 8.15. The first-order valence-corrected chi connectivity index (χ1v) is 6.09. The monoisotopic (exact) mass is 294 g/mol. The van der Waals surface area contributed by atoms with Crippen molar-refractivity contribution in [2.24, 2.45) is 0 Å². The van der Waals surface area contributed by atoms with E-state index in [1.54, 1.807) is 12.3 Å². The molecular weight excluding hydrogens is 283 g/mol. The molecule has 1 aromatic heterocycles. The third kappa shape index (κ3) is 3.27. The predicted octanol–water partition coefficient (Wildman–Crippen LogP) is 3.35. The van der Waals surface area contributed by atoms with Crippen LogP contribution in [0.5, 0.6) is 0 Å². The fourth-order valence-corrected chi connectivity index (χ4v) is 1.99. The van der Waals surface area contributed by atoms with Gasteiger partial charge in [0.15, 0.2) is 0 Å². The van der Waals surface area contributed by atoms with Crippen LogP contribution < -0.4 is 5.73 Å². The number of aryl methyl sites for hydroxylation is 2. The van der Waals surface area contributed by atoms with Crippen LogP contribution in [0.4, 0.5) is 10.2 Å². The van der Waals surface area contributed by atoms with E-state index in [4.69, 9.17) is 5.73 Å². The van der Waals surface area contributed by atoms with Gasteiger partial charge < -0.3 is 5.73 Å². The van der Waals surface area contributed by atoms with Crippen LogP contribution in [-0.4, -0.2) is 4.98 Å². The van der Waals surface area contributed by atoms with Gasteiger partial charge in [0.2, 0.25) is 0 Å². The van der Waals surface area contributed by atoms with E-state index in [0.717, 1.165) is 16.5 Å². The molecule has 4 heteroatoms. The maximum Gasteiger partial charge on any atom is 0.127 e. The van der Waals surface area contributed by atoms with Gasteiger partial charge in [0.05, 0.1) is 0 Å². The van der Waals surface area contributed by atoms with E-state index in [-0.39, 0.29) is 5.82 Å². The summed E-state index contributed by atoms with van der Waals surface area (Å²) in [6.07, 6.45) is 3.08. The number of nitrogens with two attached hydrogens (primary N) is 1. The summed E-state index contributed by atoms with van der Waals surface area (Å²) in [5.74, 6) is 0.320. The maximum absolute atomic E-state index is 13.6. The summed E-state index contributed by atoms with van der Waals surface area (Å²) >= 11 is 3.24. The molecule has 0 unspecified atom stereocenters. The van der Waals surface area contributed by atoms with Gasteiger partial charge in [0.25, 0.3) is 0 Å². The summed E-state index contributed by atoms with van der Waals surface area (Å²) in [6.45, 7) is 0. The first-order valence-electron chi connectivity index (χ1n) is 5.29. The van der Waals surface area contributed by atoms with Gasteiger partial charge in [-0.1, -0.05) is 22.0 Å². The second kappa shape index (κ2) is 5.27. The number of pyridine rings is 1. The Morgan fingerprint density at radius 1 is 1.18 bits per heavy atom. The zero-order valence-electron chi connectivity index (χ0n) is 9.16. The van der Waals surface area contributed by atoms with Crippen molar-refractivity contribution >= 4 is 21.7 Å². The van der Waals surface area contributed by atoms with E-state index in [1.807, 2.05) is 18.2 Å². The van der Waals surface area contributed by atoms with Crippen molar-refractivity contribution in [3.8, 4) is 0 Å². The Labute approximate surface area is 108 Å². The van der Waals surface area contributed by atoms with Gasteiger partial charge >= 0.3 is 0 Å². The Hall–Kier alpha value is -1.42. The molecule has 0 saturated carbocycles. The molecule has 88 valence electrons. The zero-order chi connectivity index (χ0) is 12.3. The molecule has 0 amide bonds. The predicted molar refractivity (Wildman–Crippen MR) is 70.2 cm³/mol. The highest BCUT2D eigenvalue weighted by Crippen LogP contribution is 2.17. The Morgan fingerprint density at radius 2 is 2.00 bits per heavy atom. The standard InChI is InChI=1S/C13H12BrFN2/c14-11-4-3-10(12(15)8-11)2-1-9-5-6-17-13(16)7-9/h3-8H,1-2H2,(H2,16,17). The third-order valence-corrected chi connectivity index (χ3v) is 3.04. The van der Waals surface area contributed by atoms with Crippen LogP contribution >= 0.6 is 15.9 Å². The van der Waals surface area contributed by atoms with Crippen LogP contribution in [0.3, 0.4) is 0 Å². The Kier molecular flexibility index (Phi) is 3.74. The fourth-order valence-electron chi connectivity index (χ4n) is 1.65. The number of benzene rings is 1. The van der Waals surface area contributed by atoms with Crippen LogP contribution in [0.15, 0.2) is 41.0 Å². The van der Waals surface area contributed by atoms with Crippen molar-refractivity contribution in [3.63, 3.8) is 0 Å². The van der Waals surface area contributed by atoms with Crippen LogP contribution in [0, 0.1) is 5.82 Å². The van der Waals surface area contributed by atoms with Crippen LogP contribution in [0.1, 0.15) is 11.1 Å². The van der Waals surface area contributed by atoms with Gasteiger partial charge in [-0.25, -0.2) is 9.37 Å². The van der Waals surface area contributed by atoms with E-state index < -0.39 is 0 Å². The lowest BCUT2D eigenvalue weighted by molar-refractivity contribution is 0.608. The smallest absolute Gasteiger partial charge is 0.127 e. The number of halogens is 2. The van der Waals surface area contributed by atoms with E-state index in [1.165, 1.54) is 6.07 Å². The topological polar surface area (TPSA) is 38.9 Å². The minimum atomic E-state index is -0.179. The van der Waals surface area contributed by atoms with Crippen molar-refractivity contribution in [2.75, 3.05) is 5.73 Å². The summed E-state index contributed by atoms with van der Waals surface area (Å²) in [5, 5.41) is 0. The highest BCUT2D eigenvalue weighted by atomic mass is 79.9. The summed E-state index contributed by atoms with van der Waals surface area (Å²) in [5.41, 5.74) is 7.37. The van der Waals surface area contributed by atoms with Gasteiger partial charge in [-0.3, -0.25) is 0 Å². The average molecular weight is 295 g/mol. The molecule has 0 spiro atoms. The van der Waals surface area contributed by atoms with E-state index in [2.05, 4.69) is 20.9 Å². The molecule has 1 heterocycles. The molecular formula is C13H12BrFN2. The Balaban J connectivity index is 2.07. The Morgan fingerprint density at radius 3 is 2.71 bits per heavy atom.